The van der Waals surface area contributed by atoms with Crippen LogP contribution in [0, 0.1) is 17.5 Å². The molecule has 1 aliphatic rings. The SMILES string of the molecule is NC1CCCc2c1ccn2-c1cc(F)cc(F)c1F. The third-order valence-corrected chi connectivity index (χ3v) is 3.59. The molecule has 2 aromatic rings. The molecule has 0 bridgehead atoms. The Morgan fingerprint density at radius 2 is 2.00 bits per heavy atom. The van der Waals surface area contributed by atoms with Crippen LogP contribution >= 0.6 is 0 Å². The lowest BCUT2D eigenvalue weighted by Crippen LogP contribution is -2.18. The number of hydrogen-bond donors (Lipinski definition) is 1. The van der Waals surface area contributed by atoms with E-state index in [-0.39, 0.29) is 11.7 Å². The lowest BCUT2D eigenvalue weighted by molar-refractivity contribution is 0.488. The van der Waals surface area contributed by atoms with Gasteiger partial charge in [0, 0.05) is 30.1 Å². The topological polar surface area (TPSA) is 30.9 Å². The van der Waals surface area contributed by atoms with Crippen molar-refractivity contribution in [1.29, 1.82) is 0 Å². The maximum Gasteiger partial charge on any atom is 0.182 e. The molecule has 2 N–H and O–H groups in total. The van der Waals surface area contributed by atoms with Crippen molar-refractivity contribution in [3.05, 3.63) is 53.1 Å². The highest BCUT2D eigenvalue weighted by Gasteiger charge is 2.23. The van der Waals surface area contributed by atoms with Crippen molar-refractivity contribution in [2.75, 3.05) is 0 Å². The summed E-state index contributed by atoms with van der Waals surface area (Å²) in [6.45, 7) is 0. The van der Waals surface area contributed by atoms with Gasteiger partial charge in [-0.2, -0.15) is 0 Å². The van der Waals surface area contributed by atoms with E-state index in [4.69, 9.17) is 5.73 Å². The average molecular weight is 266 g/mol. The van der Waals surface area contributed by atoms with Gasteiger partial charge in [0.05, 0.1) is 5.69 Å². The summed E-state index contributed by atoms with van der Waals surface area (Å²) in [6.07, 6.45) is 4.11. The van der Waals surface area contributed by atoms with Crippen molar-refractivity contribution in [2.45, 2.75) is 25.3 Å². The summed E-state index contributed by atoms with van der Waals surface area (Å²) in [5.74, 6) is -3.02. The van der Waals surface area contributed by atoms with Gasteiger partial charge in [0.15, 0.2) is 11.6 Å². The van der Waals surface area contributed by atoms with Crippen LogP contribution in [0.15, 0.2) is 24.4 Å². The monoisotopic (exact) mass is 266 g/mol. The van der Waals surface area contributed by atoms with E-state index in [0.717, 1.165) is 36.6 Å². The van der Waals surface area contributed by atoms with Crippen LogP contribution in [0.1, 0.15) is 30.1 Å². The molecule has 3 rings (SSSR count). The first-order chi connectivity index (χ1) is 9.08. The third kappa shape index (κ3) is 1.94. The van der Waals surface area contributed by atoms with Gasteiger partial charge in [-0.3, -0.25) is 0 Å². The molecular formula is C14H13F3N2. The van der Waals surface area contributed by atoms with Gasteiger partial charge >= 0.3 is 0 Å². The van der Waals surface area contributed by atoms with E-state index in [0.29, 0.717) is 6.07 Å². The summed E-state index contributed by atoms with van der Waals surface area (Å²) in [6, 6.07) is 3.24. The third-order valence-electron chi connectivity index (χ3n) is 3.59. The summed E-state index contributed by atoms with van der Waals surface area (Å²) < 4.78 is 41.9. The van der Waals surface area contributed by atoms with E-state index >= 15 is 0 Å². The minimum Gasteiger partial charge on any atom is -0.324 e. The van der Waals surface area contributed by atoms with Gasteiger partial charge in [-0.1, -0.05) is 0 Å². The predicted molar refractivity (Wildman–Crippen MR) is 65.5 cm³/mol. The van der Waals surface area contributed by atoms with Gasteiger partial charge in [-0.05, 0) is 30.9 Å². The maximum absolute atomic E-state index is 13.8. The van der Waals surface area contributed by atoms with Crippen molar-refractivity contribution >= 4 is 0 Å². The van der Waals surface area contributed by atoms with Crippen LogP contribution in [-0.4, -0.2) is 4.57 Å². The summed E-state index contributed by atoms with van der Waals surface area (Å²) in [7, 11) is 0. The average Bonchev–Trinajstić information content (AvgIpc) is 2.79. The second-order valence-corrected chi connectivity index (χ2v) is 4.81. The molecule has 0 spiro atoms. The Morgan fingerprint density at radius 3 is 2.79 bits per heavy atom. The van der Waals surface area contributed by atoms with E-state index in [9.17, 15) is 13.2 Å². The van der Waals surface area contributed by atoms with Gasteiger partial charge in [0.2, 0.25) is 0 Å². The number of fused-ring (bicyclic) bond motifs is 1. The maximum atomic E-state index is 13.8. The largest absolute Gasteiger partial charge is 0.324 e. The van der Waals surface area contributed by atoms with Crippen molar-refractivity contribution in [1.82, 2.24) is 4.57 Å². The molecule has 0 radical (unpaired) electrons. The number of rotatable bonds is 1. The Morgan fingerprint density at radius 1 is 1.21 bits per heavy atom. The summed E-state index contributed by atoms with van der Waals surface area (Å²) in [4.78, 5) is 0. The highest BCUT2D eigenvalue weighted by Crippen LogP contribution is 2.31. The zero-order valence-corrected chi connectivity index (χ0v) is 10.2. The number of nitrogens with zero attached hydrogens (tertiary/aromatic N) is 1. The van der Waals surface area contributed by atoms with Gasteiger partial charge in [-0.25, -0.2) is 13.2 Å². The molecule has 19 heavy (non-hydrogen) atoms. The van der Waals surface area contributed by atoms with Crippen LogP contribution in [-0.2, 0) is 6.42 Å². The first kappa shape index (κ1) is 12.3. The summed E-state index contributed by atoms with van der Waals surface area (Å²) >= 11 is 0. The van der Waals surface area contributed by atoms with E-state index < -0.39 is 17.5 Å². The lowest BCUT2D eigenvalue weighted by atomic mass is 9.93. The molecule has 0 aliphatic heterocycles. The van der Waals surface area contributed by atoms with Crippen LogP contribution < -0.4 is 5.73 Å². The number of aromatic nitrogens is 1. The molecular weight excluding hydrogens is 253 g/mol. The zero-order chi connectivity index (χ0) is 13.6. The van der Waals surface area contributed by atoms with Gasteiger partial charge in [0.1, 0.15) is 5.82 Å². The Hall–Kier alpha value is -1.75. The molecule has 1 aromatic carbocycles. The number of benzene rings is 1. The Balaban J connectivity index is 2.18. The first-order valence-electron chi connectivity index (χ1n) is 6.18. The van der Waals surface area contributed by atoms with Crippen LogP contribution in [0.5, 0.6) is 0 Å². The molecule has 0 saturated carbocycles. The van der Waals surface area contributed by atoms with Crippen LogP contribution in [0.3, 0.4) is 0 Å². The van der Waals surface area contributed by atoms with E-state index in [2.05, 4.69) is 0 Å². The van der Waals surface area contributed by atoms with Gasteiger partial charge in [-0.15, -0.1) is 0 Å². The molecule has 0 saturated heterocycles. The number of halogens is 3. The van der Waals surface area contributed by atoms with Crippen LogP contribution in [0.2, 0.25) is 0 Å². The highest BCUT2D eigenvalue weighted by atomic mass is 19.2. The minimum absolute atomic E-state index is 0.0912. The molecule has 2 nitrogen and oxygen atoms in total. The molecule has 0 fully saturated rings. The fourth-order valence-corrected chi connectivity index (χ4v) is 2.67. The van der Waals surface area contributed by atoms with Crippen molar-refractivity contribution in [2.24, 2.45) is 5.73 Å². The number of nitrogens with two attached hydrogens (primary N) is 1. The zero-order valence-electron chi connectivity index (χ0n) is 10.2. The number of hydrogen-bond acceptors (Lipinski definition) is 1. The molecule has 1 atom stereocenters. The van der Waals surface area contributed by atoms with E-state index in [1.165, 1.54) is 4.57 Å². The molecule has 100 valence electrons. The van der Waals surface area contributed by atoms with E-state index in [1.807, 2.05) is 0 Å². The molecule has 1 heterocycles. The molecule has 1 aromatic heterocycles. The van der Waals surface area contributed by atoms with E-state index in [1.54, 1.807) is 12.3 Å². The molecule has 0 amide bonds. The summed E-state index contributed by atoms with van der Waals surface area (Å²) in [5, 5.41) is 0. The fourth-order valence-electron chi connectivity index (χ4n) is 2.67. The smallest absolute Gasteiger partial charge is 0.182 e. The minimum atomic E-state index is -1.18. The summed E-state index contributed by atoms with van der Waals surface area (Å²) in [5.41, 5.74) is 7.64. The Labute approximate surface area is 108 Å². The molecule has 1 aliphatic carbocycles. The Kier molecular flexibility index (Phi) is 2.86. The normalized spacial score (nSPS) is 18.4. The molecule has 5 heteroatoms. The van der Waals surface area contributed by atoms with Gasteiger partial charge in [0.25, 0.3) is 0 Å². The highest BCUT2D eigenvalue weighted by molar-refractivity contribution is 5.42. The quantitative estimate of drug-likeness (QED) is 0.789. The predicted octanol–water partition coefficient (Wildman–Crippen LogP) is 3.23. The van der Waals surface area contributed by atoms with Crippen molar-refractivity contribution in [3.63, 3.8) is 0 Å². The molecule has 1 unspecified atom stereocenters. The van der Waals surface area contributed by atoms with Crippen LogP contribution in [0.25, 0.3) is 5.69 Å². The second kappa shape index (κ2) is 4.42. The van der Waals surface area contributed by atoms with Crippen molar-refractivity contribution in [3.8, 4) is 5.69 Å². The second-order valence-electron chi connectivity index (χ2n) is 4.81. The van der Waals surface area contributed by atoms with Gasteiger partial charge < -0.3 is 10.3 Å². The van der Waals surface area contributed by atoms with Crippen molar-refractivity contribution < 1.29 is 13.2 Å². The fraction of sp³-hybridized carbons (Fsp3) is 0.286. The van der Waals surface area contributed by atoms with Crippen LogP contribution in [0.4, 0.5) is 13.2 Å². The Bertz CT molecular complexity index is 634. The first-order valence-corrected chi connectivity index (χ1v) is 6.18. The standard InChI is InChI=1S/C14H13F3N2/c15-8-6-10(16)14(17)13(7-8)19-5-4-9-11(18)2-1-3-12(9)19/h4-7,11H,1-3,18H2. The lowest BCUT2D eigenvalue weighted by Gasteiger charge is -2.21.